The molecule has 6 heteroatoms. The third kappa shape index (κ3) is 4.99. The van der Waals surface area contributed by atoms with Crippen molar-refractivity contribution in [3.63, 3.8) is 0 Å². The van der Waals surface area contributed by atoms with E-state index in [0.29, 0.717) is 16.8 Å². The Morgan fingerprint density at radius 3 is 2.08 bits per heavy atom. The molecule has 1 amide bonds. The van der Waals surface area contributed by atoms with Crippen molar-refractivity contribution in [1.29, 1.82) is 0 Å². The number of nitrogens with zero attached hydrogens (tertiary/aromatic N) is 1. The molecule has 6 nitrogen and oxygen atoms in total. The lowest BCUT2D eigenvalue weighted by Crippen LogP contribution is -2.27. The minimum atomic E-state index is -0.925. The Bertz CT molecular complexity index is 793. The van der Waals surface area contributed by atoms with Crippen molar-refractivity contribution in [1.82, 2.24) is 4.98 Å². The van der Waals surface area contributed by atoms with E-state index in [-0.39, 0.29) is 11.7 Å². The van der Waals surface area contributed by atoms with Crippen LogP contribution < -0.4 is 5.32 Å². The molecule has 1 aromatic heterocycles. The van der Waals surface area contributed by atoms with Crippen LogP contribution >= 0.6 is 0 Å². The Morgan fingerprint density at radius 1 is 0.962 bits per heavy atom. The van der Waals surface area contributed by atoms with Crippen molar-refractivity contribution >= 4 is 23.3 Å². The predicted octanol–water partition coefficient (Wildman–Crippen LogP) is 3.49. The molecule has 0 fully saturated rings. The molecule has 1 N–H and O–H groups in total. The molecule has 26 heavy (non-hydrogen) atoms. The fourth-order valence-electron chi connectivity index (χ4n) is 2.04. The summed E-state index contributed by atoms with van der Waals surface area (Å²) in [5.74, 6) is -1.01. The number of Topliss-reactive ketones (excluding diaryl/α,β-unsaturated/α-hetero) is 1. The van der Waals surface area contributed by atoms with Gasteiger partial charge in [0.2, 0.25) is 11.7 Å². The van der Waals surface area contributed by atoms with Crippen LogP contribution in [0.1, 0.15) is 48.4 Å². The van der Waals surface area contributed by atoms with Crippen molar-refractivity contribution in [2.24, 2.45) is 5.41 Å². The second kappa shape index (κ2) is 7.91. The Balaban J connectivity index is 2.00. The fourth-order valence-corrected chi connectivity index (χ4v) is 2.04. The zero-order valence-corrected chi connectivity index (χ0v) is 15.3. The van der Waals surface area contributed by atoms with E-state index in [4.69, 9.17) is 4.74 Å². The molecular weight excluding hydrogens is 332 g/mol. The minimum Gasteiger partial charge on any atom is -0.451 e. The van der Waals surface area contributed by atoms with Crippen molar-refractivity contribution in [2.75, 3.05) is 5.32 Å². The molecule has 0 bridgehead atoms. The Labute approximate surface area is 152 Å². The van der Waals surface area contributed by atoms with Crippen molar-refractivity contribution in [2.45, 2.75) is 33.8 Å². The fraction of sp³-hybridized carbons (Fsp3) is 0.300. The molecule has 0 unspecified atom stereocenters. The van der Waals surface area contributed by atoms with Crippen molar-refractivity contribution < 1.29 is 19.1 Å². The van der Waals surface area contributed by atoms with Crippen molar-refractivity contribution in [3.8, 4) is 0 Å². The molecule has 0 aliphatic carbocycles. The number of amides is 1. The van der Waals surface area contributed by atoms with Gasteiger partial charge in [0.15, 0.2) is 6.10 Å². The molecule has 0 radical (unpaired) electrons. The van der Waals surface area contributed by atoms with E-state index in [2.05, 4.69) is 10.3 Å². The number of aromatic nitrogens is 1. The van der Waals surface area contributed by atoms with E-state index >= 15 is 0 Å². The number of nitrogens with one attached hydrogen (secondary N) is 1. The highest BCUT2D eigenvalue weighted by Crippen LogP contribution is 2.18. The molecule has 2 rings (SSSR count). The number of hydrogen-bond donors (Lipinski definition) is 1. The Hall–Kier alpha value is -3.02. The first kappa shape index (κ1) is 19.3. The third-order valence-corrected chi connectivity index (χ3v) is 3.68. The van der Waals surface area contributed by atoms with Crippen LogP contribution in [0.25, 0.3) is 0 Å². The van der Waals surface area contributed by atoms with Crippen LogP contribution in [0.5, 0.6) is 0 Å². The molecule has 1 atom stereocenters. The van der Waals surface area contributed by atoms with Crippen molar-refractivity contribution in [3.05, 3.63) is 59.9 Å². The van der Waals surface area contributed by atoms with E-state index in [0.717, 1.165) is 0 Å². The van der Waals surface area contributed by atoms with Gasteiger partial charge in [0.05, 0.1) is 5.56 Å². The van der Waals surface area contributed by atoms with Gasteiger partial charge in [-0.25, -0.2) is 4.79 Å². The molecule has 1 aromatic carbocycles. The van der Waals surface area contributed by atoms with E-state index < -0.39 is 17.5 Å². The van der Waals surface area contributed by atoms with Crippen LogP contribution in [-0.2, 0) is 9.53 Å². The predicted molar refractivity (Wildman–Crippen MR) is 98.0 cm³/mol. The average Bonchev–Trinajstić information content (AvgIpc) is 2.61. The Morgan fingerprint density at radius 2 is 1.54 bits per heavy atom. The van der Waals surface area contributed by atoms with Crippen LogP contribution in [0.15, 0.2) is 48.8 Å². The van der Waals surface area contributed by atoms with Crippen LogP contribution in [0.3, 0.4) is 0 Å². The maximum atomic E-state index is 12.4. The maximum absolute atomic E-state index is 12.4. The van der Waals surface area contributed by atoms with Gasteiger partial charge >= 0.3 is 5.97 Å². The lowest BCUT2D eigenvalue weighted by Gasteiger charge is -2.18. The van der Waals surface area contributed by atoms with Gasteiger partial charge in [-0.1, -0.05) is 20.8 Å². The summed E-state index contributed by atoms with van der Waals surface area (Å²) in [5.41, 5.74) is 0.820. The van der Waals surface area contributed by atoms with Gasteiger partial charge in [-0.15, -0.1) is 0 Å². The molecule has 1 heterocycles. The SMILES string of the molecule is C[C@H](OC(=O)c1ccncc1)C(=O)c1ccc(NC(=O)C(C)(C)C)cc1. The summed E-state index contributed by atoms with van der Waals surface area (Å²) in [4.78, 5) is 40.2. The number of esters is 1. The average molecular weight is 354 g/mol. The van der Waals surface area contributed by atoms with Gasteiger partial charge in [-0.05, 0) is 43.3 Å². The molecule has 0 aliphatic rings. The number of ketones is 1. The van der Waals surface area contributed by atoms with E-state index in [1.807, 2.05) is 20.8 Å². The first-order valence-electron chi connectivity index (χ1n) is 8.25. The van der Waals surface area contributed by atoms with Gasteiger partial charge < -0.3 is 10.1 Å². The summed E-state index contributed by atoms with van der Waals surface area (Å²) in [6.07, 6.45) is 2.03. The second-order valence-electron chi connectivity index (χ2n) is 6.93. The van der Waals surface area contributed by atoms with Crippen LogP contribution in [-0.4, -0.2) is 28.7 Å². The van der Waals surface area contributed by atoms with Crippen LogP contribution in [0, 0.1) is 5.41 Å². The summed E-state index contributed by atoms with van der Waals surface area (Å²) < 4.78 is 5.21. The standard InChI is InChI=1S/C20H22N2O4/c1-13(26-18(24)15-9-11-21-12-10-15)17(23)14-5-7-16(8-6-14)22-19(25)20(2,3)4/h5-13H,1-4H3,(H,22,25)/t13-/m0/s1. The Kier molecular flexibility index (Phi) is 5.87. The number of rotatable bonds is 5. The lowest BCUT2D eigenvalue weighted by molar-refractivity contribution is -0.123. The summed E-state index contributed by atoms with van der Waals surface area (Å²) in [6, 6.07) is 9.52. The topological polar surface area (TPSA) is 85.4 Å². The summed E-state index contributed by atoms with van der Waals surface area (Å²) in [7, 11) is 0. The zero-order chi connectivity index (χ0) is 19.3. The van der Waals surface area contributed by atoms with Gasteiger partial charge in [-0.3, -0.25) is 14.6 Å². The smallest absolute Gasteiger partial charge is 0.338 e. The lowest BCUT2D eigenvalue weighted by atomic mass is 9.95. The molecule has 0 saturated heterocycles. The highest BCUT2D eigenvalue weighted by Gasteiger charge is 2.22. The van der Waals surface area contributed by atoms with Gasteiger partial charge in [0, 0.05) is 29.1 Å². The molecule has 0 aliphatic heterocycles. The minimum absolute atomic E-state index is 0.115. The number of pyridine rings is 1. The largest absolute Gasteiger partial charge is 0.451 e. The van der Waals surface area contributed by atoms with Crippen LogP contribution in [0.2, 0.25) is 0 Å². The van der Waals surface area contributed by atoms with E-state index in [9.17, 15) is 14.4 Å². The quantitative estimate of drug-likeness (QED) is 0.656. The first-order chi connectivity index (χ1) is 12.2. The van der Waals surface area contributed by atoms with Gasteiger partial charge in [-0.2, -0.15) is 0 Å². The number of anilines is 1. The molecule has 2 aromatic rings. The summed E-state index contributed by atoms with van der Waals surface area (Å²) in [5, 5.41) is 2.79. The van der Waals surface area contributed by atoms with Crippen LogP contribution in [0.4, 0.5) is 5.69 Å². The normalized spacial score (nSPS) is 12.2. The molecule has 136 valence electrons. The third-order valence-electron chi connectivity index (χ3n) is 3.68. The molecular formula is C20H22N2O4. The summed E-state index contributed by atoms with van der Waals surface area (Å²) in [6.45, 7) is 6.98. The monoisotopic (exact) mass is 354 g/mol. The number of benzene rings is 1. The zero-order valence-electron chi connectivity index (χ0n) is 15.3. The number of carbonyl (C=O) groups is 3. The first-order valence-corrected chi connectivity index (χ1v) is 8.25. The highest BCUT2D eigenvalue weighted by molar-refractivity contribution is 6.02. The molecule has 0 saturated carbocycles. The van der Waals surface area contributed by atoms with Gasteiger partial charge in [0.1, 0.15) is 0 Å². The van der Waals surface area contributed by atoms with Gasteiger partial charge in [0.25, 0.3) is 0 Å². The highest BCUT2D eigenvalue weighted by atomic mass is 16.5. The second-order valence-corrected chi connectivity index (χ2v) is 6.93. The van der Waals surface area contributed by atoms with E-state index in [1.54, 1.807) is 24.3 Å². The number of hydrogen-bond acceptors (Lipinski definition) is 5. The molecule has 0 spiro atoms. The van der Waals surface area contributed by atoms with E-state index in [1.165, 1.54) is 31.5 Å². The number of carbonyl (C=O) groups excluding carboxylic acids is 3. The summed E-state index contributed by atoms with van der Waals surface area (Å²) >= 11 is 0. The number of ether oxygens (including phenoxy) is 1. The maximum Gasteiger partial charge on any atom is 0.338 e.